The third-order valence-electron chi connectivity index (χ3n) is 7.36. The van der Waals surface area contributed by atoms with Crippen LogP contribution in [0.4, 0.5) is 0 Å². The molecule has 2 fully saturated rings. The molecule has 2 aromatic heterocycles. The van der Waals surface area contributed by atoms with Crippen LogP contribution in [0.3, 0.4) is 0 Å². The third kappa shape index (κ3) is 5.05. The number of nitrogens with zero attached hydrogens (tertiary/aromatic N) is 5. The summed E-state index contributed by atoms with van der Waals surface area (Å²) >= 11 is 0. The molecular weight excluding hydrogens is 460 g/mol. The monoisotopic (exact) mass is 494 g/mol. The number of carbonyl (C=O) groups is 1. The molecule has 5 rings (SSSR count). The van der Waals surface area contributed by atoms with E-state index in [4.69, 9.17) is 9.47 Å². The van der Waals surface area contributed by atoms with Crippen molar-refractivity contribution in [3.8, 4) is 0 Å². The van der Waals surface area contributed by atoms with Crippen molar-refractivity contribution in [2.24, 2.45) is 5.92 Å². The number of benzene rings is 1. The second-order valence-corrected chi connectivity index (χ2v) is 9.65. The molecule has 0 amide bonds. The van der Waals surface area contributed by atoms with Gasteiger partial charge in [-0.25, -0.2) is 4.68 Å². The standard InChI is InChI=1S/C26H34N6O4/c1-3-17-7-8-22-19(14-17)15-21(25(33)27-22)23(31-11-9-18(10-12-31)26(34)35-4-2)24-28-29-30-32(24)16-20-6-5-13-36-20/h7-8,14-15,18,20,23H,3-6,9-13,16H2,1-2H3,(H,27,33)/t20-,23-/m1/s1. The van der Waals surface area contributed by atoms with Gasteiger partial charge < -0.3 is 14.5 Å². The molecular formula is C26H34N6O4. The molecule has 0 bridgehead atoms. The highest BCUT2D eigenvalue weighted by Crippen LogP contribution is 2.32. The fourth-order valence-electron chi connectivity index (χ4n) is 5.37. The molecule has 10 heteroatoms. The van der Waals surface area contributed by atoms with Crippen LogP contribution in [0.1, 0.15) is 62.5 Å². The zero-order valence-electron chi connectivity index (χ0n) is 21.0. The van der Waals surface area contributed by atoms with Gasteiger partial charge in [-0.15, -0.1) is 5.10 Å². The van der Waals surface area contributed by atoms with Gasteiger partial charge in [-0.3, -0.25) is 14.5 Å². The zero-order chi connectivity index (χ0) is 25.1. The third-order valence-corrected chi connectivity index (χ3v) is 7.36. The Morgan fingerprint density at radius 1 is 1.22 bits per heavy atom. The van der Waals surface area contributed by atoms with Crippen LogP contribution in [-0.4, -0.2) is 68.5 Å². The van der Waals surface area contributed by atoms with Crippen LogP contribution in [0.5, 0.6) is 0 Å². The second-order valence-electron chi connectivity index (χ2n) is 9.65. The molecule has 0 unspecified atom stereocenters. The number of H-pyrrole nitrogens is 1. The van der Waals surface area contributed by atoms with Gasteiger partial charge in [-0.1, -0.05) is 13.0 Å². The lowest BCUT2D eigenvalue weighted by atomic mass is 9.93. The fraction of sp³-hybridized carbons (Fsp3) is 0.577. The average molecular weight is 495 g/mol. The summed E-state index contributed by atoms with van der Waals surface area (Å²) in [5.41, 5.74) is 2.46. The first-order chi connectivity index (χ1) is 17.6. The Morgan fingerprint density at radius 3 is 2.78 bits per heavy atom. The quantitative estimate of drug-likeness (QED) is 0.475. The number of aromatic nitrogens is 5. The number of aryl methyl sites for hydroxylation is 1. The van der Waals surface area contributed by atoms with Gasteiger partial charge in [0.2, 0.25) is 0 Å². The SMILES string of the molecule is CCOC(=O)C1CCN([C@H](c2cc3cc(CC)ccc3[nH]c2=O)c2nnnn2C[C@H]2CCCO2)CC1. The van der Waals surface area contributed by atoms with Crippen molar-refractivity contribution in [2.45, 2.75) is 64.6 Å². The molecule has 4 heterocycles. The number of tetrazole rings is 1. The van der Waals surface area contributed by atoms with Crippen LogP contribution in [0.2, 0.25) is 0 Å². The molecule has 2 atom stereocenters. The maximum absolute atomic E-state index is 13.4. The number of piperidine rings is 1. The smallest absolute Gasteiger partial charge is 0.309 e. The molecule has 2 saturated heterocycles. The van der Waals surface area contributed by atoms with Gasteiger partial charge in [0.05, 0.1) is 25.2 Å². The van der Waals surface area contributed by atoms with E-state index in [-0.39, 0.29) is 23.6 Å². The normalized spacial score (nSPS) is 20.1. The predicted octanol–water partition coefficient (Wildman–Crippen LogP) is 2.62. The Labute approximate surface area is 210 Å². The lowest BCUT2D eigenvalue weighted by Crippen LogP contribution is -2.42. The van der Waals surface area contributed by atoms with Crippen molar-refractivity contribution in [1.29, 1.82) is 0 Å². The molecule has 0 saturated carbocycles. The number of rotatable bonds is 8. The summed E-state index contributed by atoms with van der Waals surface area (Å²) in [7, 11) is 0. The summed E-state index contributed by atoms with van der Waals surface area (Å²) in [4.78, 5) is 31.0. The second kappa shape index (κ2) is 10.9. The summed E-state index contributed by atoms with van der Waals surface area (Å²) in [6.45, 7) is 6.88. The van der Waals surface area contributed by atoms with Crippen molar-refractivity contribution in [2.75, 3.05) is 26.3 Å². The summed E-state index contributed by atoms with van der Waals surface area (Å²) in [5.74, 6) is 0.343. The molecule has 3 aromatic rings. The number of pyridine rings is 1. The first-order valence-electron chi connectivity index (χ1n) is 13.0. The minimum absolute atomic E-state index is 0.0597. The van der Waals surface area contributed by atoms with Crippen LogP contribution < -0.4 is 5.56 Å². The largest absolute Gasteiger partial charge is 0.466 e. The molecule has 2 aliphatic heterocycles. The number of fused-ring (bicyclic) bond motifs is 1. The number of hydrogen-bond donors (Lipinski definition) is 1. The highest BCUT2D eigenvalue weighted by molar-refractivity contribution is 5.80. The Kier molecular flexibility index (Phi) is 7.43. The minimum Gasteiger partial charge on any atom is -0.466 e. The average Bonchev–Trinajstić information content (AvgIpc) is 3.58. The number of carbonyl (C=O) groups excluding carboxylic acids is 1. The van der Waals surface area contributed by atoms with E-state index >= 15 is 0 Å². The van der Waals surface area contributed by atoms with Gasteiger partial charge >= 0.3 is 5.97 Å². The van der Waals surface area contributed by atoms with E-state index in [2.05, 4.69) is 38.4 Å². The van der Waals surface area contributed by atoms with Crippen molar-refractivity contribution in [1.82, 2.24) is 30.1 Å². The van der Waals surface area contributed by atoms with Crippen molar-refractivity contribution >= 4 is 16.9 Å². The molecule has 10 nitrogen and oxygen atoms in total. The van der Waals surface area contributed by atoms with Gasteiger partial charge in [-0.2, -0.15) is 0 Å². The Morgan fingerprint density at radius 2 is 2.06 bits per heavy atom. The molecule has 0 spiro atoms. The van der Waals surface area contributed by atoms with E-state index in [9.17, 15) is 9.59 Å². The maximum Gasteiger partial charge on any atom is 0.309 e. The number of ether oxygens (including phenoxy) is 2. The van der Waals surface area contributed by atoms with Crippen LogP contribution >= 0.6 is 0 Å². The fourth-order valence-corrected chi connectivity index (χ4v) is 5.37. The first-order valence-corrected chi connectivity index (χ1v) is 13.0. The van der Waals surface area contributed by atoms with Crippen molar-refractivity contribution in [3.05, 3.63) is 51.6 Å². The van der Waals surface area contributed by atoms with Gasteiger partial charge in [0.1, 0.15) is 6.04 Å². The zero-order valence-corrected chi connectivity index (χ0v) is 21.0. The molecule has 2 aliphatic rings. The van der Waals surface area contributed by atoms with Crippen LogP contribution in [0.25, 0.3) is 10.9 Å². The number of aromatic amines is 1. The van der Waals surface area contributed by atoms with E-state index in [0.717, 1.165) is 36.8 Å². The van der Waals surface area contributed by atoms with Gasteiger partial charge in [0.25, 0.3) is 5.56 Å². The maximum atomic E-state index is 13.4. The summed E-state index contributed by atoms with van der Waals surface area (Å²) < 4.78 is 12.9. The summed E-state index contributed by atoms with van der Waals surface area (Å²) in [6, 6.07) is 7.65. The van der Waals surface area contributed by atoms with Gasteiger partial charge in [-0.05, 0) is 78.6 Å². The van der Waals surface area contributed by atoms with E-state index in [1.807, 2.05) is 25.1 Å². The van der Waals surface area contributed by atoms with Crippen LogP contribution in [-0.2, 0) is 27.2 Å². The molecule has 36 heavy (non-hydrogen) atoms. The minimum atomic E-state index is -0.442. The van der Waals surface area contributed by atoms with E-state index < -0.39 is 6.04 Å². The highest BCUT2D eigenvalue weighted by Gasteiger charge is 2.35. The Balaban J connectivity index is 1.52. The number of hydrogen-bond acceptors (Lipinski definition) is 8. The Bertz CT molecular complexity index is 1260. The summed E-state index contributed by atoms with van der Waals surface area (Å²) in [5, 5.41) is 13.6. The van der Waals surface area contributed by atoms with E-state index in [1.165, 1.54) is 5.56 Å². The molecule has 1 aromatic carbocycles. The summed E-state index contributed by atoms with van der Waals surface area (Å²) in [6.07, 6.45) is 4.28. The van der Waals surface area contributed by atoms with Gasteiger partial charge in [0, 0.05) is 30.8 Å². The molecule has 0 aliphatic carbocycles. The Hall–Kier alpha value is -3.11. The molecule has 192 valence electrons. The number of likely N-dealkylation sites (tertiary alicyclic amines) is 1. The number of nitrogens with one attached hydrogen (secondary N) is 1. The lowest BCUT2D eigenvalue weighted by Gasteiger charge is -2.36. The van der Waals surface area contributed by atoms with E-state index in [0.29, 0.717) is 50.5 Å². The first kappa shape index (κ1) is 24.6. The van der Waals surface area contributed by atoms with Crippen LogP contribution in [0, 0.1) is 5.92 Å². The predicted molar refractivity (Wildman–Crippen MR) is 134 cm³/mol. The van der Waals surface area contributed by atoms with Crippen molar-refractivity contribution in [3.63, 3.8) is 0 Å². The topological polar surface area (TPSA) is 115 Å². The van der Waals surface area contributed by atoms with Crippen LogP contribution in [0.15, 0.2) is 29.1 Å². The van der Waals surface area contributed by atoms with Crippen molar-refractivity contribution < 1.29 is 14.3 Å². The highest BCUT2D eigenvalue weighted by atomic mass is 16.5. The molecule has 1 N–H and O–H groups in total. The number of esters is 1. The van der Waals surface area contributed by atoms with Gasteiger partial charge in [0.15, 0.2) is 5.82 Å². The lowest BCUT2D eigenvalue weighted by molar-refractivity contribution is -0.149. The molecule has 0 radical (unpaired) electrons. The van der Waals surface area contributed by atoms with E-state index in [1.54, 1.807) is 4.68 Å².